The van der Waals surface area contributed by atoms with E-state index >= 15 is 0 Å². The Hall–Kier alpha value is -3.06. The quantitative estimate of drug-likeness (QED) is 0.156. The van der Waals surface area contributed by atoms with Gasteiger partial charge >= 0.3 is 5.97 Å². The molecule has 1 heterocycles. The Bertz CT molecular complexity index is 911. The fraction of sp³-hybridized carbons (Fsp3) is 0.696. The molecule has 0 aromatic carbocycles. The number of nitrogens with one attached hydrogen (secondary N) is 3. The number of methoxy groups -OCH3 is 1. The number of carbonyl (C=O) groups is 7. The van der Waals surface area contributed by atoms with Crippen LogP contribution in [0.15, 0.2) is 0 Å². The number of rotatable bonds is 14. The summed E-state index contributed by atoms with van der Waals surface area (Å²) in [7, 11) is 1.16. The Morgan fingerprint density at radius 2 is 1.54 bits per heavy atom. The maximum absolute atomic E-state index is 13.0. The Morgan fingerprint density at radius 3 is 2.05 bits per heavy atom. The van der Waals surface area contributed by atoms with Crippen LogP contribution >= 0.6 is 11.6 Å². The van der Waals surface area contributed by atoms with Crippen molar-refractivity contribution in [2.24, 2.45) is 5.92 Å². The molecule has 0 aliphatic carbocycles. The second kappa shape index (κ2) is 14.6. The highest BCUT2D eigenvalue weighted by Crippen LogP contribution is 2.19. The van der Waals surface area contributed by atoms with Crippen molar-refractivity contribution >= 4 is 52.8 Å². The Balaban J connectivity index is 2.74. The third-order valence-electron chi connectivity index (χ3n) is 5.93. The van der Waals surface area contributed by atoms with Gasteiger partial charge in [0.1, 0.15) is 30.3 Å². The van der Waals surface area contributed by atoms with Gasteiger partial charge in [-0.05, 0) is 32.6 Å². The molecule has 0 saturated carbocycles. The number of likely N-dealkylation sites (tertiary alicyclic amines) is 1. The van der Waals surface area contributed by atoms with Crippen LogP contribution in [-0.4, -0.2) is 101 Å². The standard InChI is InChI=1S/C23H35ClN4O9/c1-11(2)18(23(35)36)27-20(32)14-7-6-8-28(14)22(34)13(4)26-19(31)12(3)25-21(33)17(37-5)9-15(29)16(30)10-24/h11-14,17-18H,6-10H2,1-5H3,(H,25,33)(H,26,31)(H,27,32)(H,35,36)/t12-,13-,14-,17?,18-/m0/s1. The Morgan fingerprint density at radius 1 is 0.946 bits per heavy atom. The number of ketones is 2. The zero-order valence-corrected chi connectivity index (χ0v) is 22.3. The second-order valence-electron chi connectivity index (χ2n) is 9.13. The molecule has 1 rings (SSSR count). The summed E-state index contributed by atoms with van der Waals surface area (Å²) >= 11 is 5.33. The number of Topliss-reactive ketones (excluding diaryl/α,β-unsaturated/α-hetero) is 2. The number of halogens is 1. The van der Waals surface area contributed by atoms with Crippen molar-refractivity contribution < 1.29 is 43.4 Å². The third kappa shape index (κ3) is 9.08. The molecule has 37 heavy (non-hydrogen) atoms. The largest absolute Gasteiger partial charge is 0.480 e. The van der Waals surface area contributed by atoms with Crippen LogP contribution in [0.2, 0.25) is 0 Å². The van der Waals surface area contributed by atoms with Crippen molar-refractivity contribution in [1.29, 1.82) is 0 Å². The summed E-state index contributed by atoms with van der Waals surface area (Å²) in [4.78, 5) is 86.5. The molecule has 4 N–H and O–H groups in total. The van der Waals surface area contributed by atoms with E-state index in [9.17, 15) is 38.7 Å². The Kier molecular flexibility index (Phi) is 12.6. The zero-order valence-electron chi connectivity index (χ0n) is 21.5. The molecule has 5 atom stereocenters. The molecule has 1 aliphatic heterocycles. The highest BCUT2D eigenvalue weighted by molar-refractivity contribution is 6.47. The predicted octanol–water partition coefficient (Wildman–Crippen LogP) is -1.01. The van der Waals surface area contributed by atoms with Gasteiger partial charge in [-0.1, -0.05) is 13.8 Å². The van der Waals surface area contributed by atoms with Gasteiger partial charge < -0.3 is 30.7 Å². The molecule has 1 unspecified atom stereocenters. The fourth-order valence-corrected chi connectivity index (χ4v) is 3.88. The molecule has 0 spiro atoms. The molecule has 13 nitrogen and oxygen atoms in total. The normalized spacial score (nSPS) is 18.4. The lowest BCUT2D eigenvalue weighted by atomic mass is 10.0. The summed E-state index contributed by atoms with van der Waals surface area (Å²) in [6, 6.07) is -4.16. The first-order valence-corrected chi connectivity index (χ1v) is 12.4. The van der Waals surface area contributed by atoms with Crippen LogP contribution in [-0.2, 0) is 38.3 Å². The number of carboxylic acid groups (broad SMARTS) is 1. The van der Waals surface area contributed by atoms with Crippen LogP contribution in [0.3, 0.4) is 0 Å². The average molecular weight is 547 g/mol. The molecule has 208 valence electrons. The number of hydrogen-bond acceptors (Lipinski definition) is 8. The molecule has 1 aliphatic rings. The fourth-order valence-electron chi connectivity index (χ4n) is 3.73. The van der Waals surface area contributed by atoms with E-state index in [4.69, 9.17) is 16.3 Å². The van der Waals surface area contributed by atoms with Crippen molar-refractivity contribution in [2.45, 2.75) is 77.2 Å². The van der Waals surface area contributed by atoms with Crippen molar-refractivity contribution in [3.63, 3.8) is 0 Å². The molecule has 0 radical (unpaired) electrons. The SMILES string of the molecule is COC(CC(=O)C(=O)CCl)C(=O)N[C@@H](C)C(=O)N[C@@H](C)C(=O)N1CCC[C@H]1C(=O)N[C@H](C(=O)O)C(C)C. The van der Waals surface area contributed by atoms with E-state index in [-0.39, 0.29) is 12.5 Å². The minimum atomic E-state index is -1.32. The third-order valence-corrected chi connectivity index (χ3v) is 6.17. The molecular weight excluding hydrogens is 512 g/mol. The zero-order chi connectivity index (χ0) is 28.4. The van der Waals surface area contributed by atoms with Crippen molar-refractivity contribution in [2.75, 3.05) is 19.5 Å². The smallest absolute Gasteiger partial charge is 0.326 e. The van der Waals surface area contributed by atoms with Crippen molar-refractivity contribution in [3.8, 4) is 0 Å². The van der Waals surface area contributed by atoms with Crippen LogP contribution < -0.4 is 16.0 Å². The number of carbonyl (C=O) groups excluding carboxylic acids is 6. The lowest BCUT2D eigenvalue weighted by molar-refractivity contribution is -0.145. The first kappa shape index (κ1) is 32.0. The molecule has 1 fully saturated rings. The molecule has 14 heteroatoms. The van der Waals surface area contributed by atoms with Gasteiger partial charge in [-0.15, -0.1) is 11.6 Å². The van der Waals surface area contributed by atoms with E-state index in [1.807, 2.05) is 0 Å². The maximum atomic E-state index is 13.0. The van der Waals surface area contributed by atoms with Crippen LogP contribution in [0.1, 0.15) is 47.0 Å². The topological polar surface area (TPSA) is 188 Å². The number of carboxylic acids is 1. The first-order valence-electron chi connectivity index (χ1n) is 11.8. The summed E-state index contributed by atoms with van der Waals surface area (Å²) in [5.41, 5.74) is 0. The monoisotopic (exact) mass is 546 g/mol. The highest BCUT2D eigenvalue weighted by Gasteiger charge is 2.38. The van der Waals surface area contributed by atoms with E-state index in [2.05, 4.69) is 16.0 Å². The lowest BCUT2D eigenvalue weighted by Gasteiger charge is -2.29. The second-order valence-corrected chi connectivity index (χ2v) is 9.39. The van der Waals surface area contributed by atoms with E-state index in [1.54, 1.807) is 13.8 Å². The molecule has 1 saturated heterocycles. The average Bonchev–Trinajstić information content (AvgIpc) is 3.33. The van der Waals surface area contributed by atoms with Gasteiger partial charge in [-0.3, -0.25) is 28.8 Å². The molecular formula is C23H35ClN4O9. The van der Waals surface area contributed by atoms with Crippen LogP contribution in [0.5, 0.6) is 0 Å². The molecule has 0 aromatic heterocycles. The summed E-state index contributed by atoms with van der Waals surface area (Å²) in [6.45, 7) is 6.34. The summed E-state index contributed by atoms with van der Waals surface area (Å²) < 4.78 is 4.94. The van der Waals surface area contributed by atoms with Gasteiger partial charge in [0.25, 0.3) is 0 Å². The van der Waals surface area contributed by atoms with Crippen molar-refractivity contribution in [1.82, 2.24) is 20.9 Å². The lowest BCUT2D eigenvalue weighted by Crippen LogP contribution is -2.57. The number of nitrogens with zero attached hydrogens (tertiary/aromatic N) is 1. The number of hydrogen-bond donors (Lipinski definition) is 4. The van der Waals surface area contributed by atoms with Gasteiger partial charge in [0.2, 0.25) is 35.2 Å². The summed E-state index contributed by atoms with van der Waals surface area (Å²) in [5, 5.41) is 16.6. The minimum Gasteiger partial charge on any atom is -0.480 e. The number of ether oxygens (including phenoxy) is 1. The van der Waals surface area contributed by atoms with E-state index in [0.717, 1.165) is 7.11 Å². The number of amides is 4. The van der Waals surface area contributed by atoms with Gasteiger partial charge in [0, 0.05) is 20.1 Å². The molecule has 0 aromatic rings. The Labute approximate surface area is 220 Å². The van der Waals surface area contributed by atoms with Crippen LogP contribution in [0, 0.1) is 5.92 Å². The first-order chi connectivity index (χ1) is 17.2. The van der Waals surface area contributed by atoms with Crippen LogP contribution in [0.25, 0.3) is 0 Å². The van der Waals surface area contributed by atoms with Crippen LogP contribution in [0.4, 0.5) is 0 Å². The van der Waals surface area contributed by atoms with E-state index in [0.29, 0.717) is 12.8 Å². The van der Waals surface area contributed by atoms with Gasteiger partial charge in [0.15, 0.2) is 0 Å². The maximum Gasteiger partial charge on any atom is 0.326 e. The van der Waals surface area contributed by atoms with Gasteiger partial charge in [0.05, 0.1) is 5.88 Å². The van der Waals surface area contributed by atoms with Gasteiger partial charge in [-0.25, -0.2) is 4.79 Å². The van der Waals surface area contributed by atoms with E-state index < -0.39 is 83.7 Å². The van der Waals surface area contributed by atoms with Crippen molar-refractivity contribution in [3.05, 3.63) is 0 Å². The minimum absolute atomic E-state index is 0.257. The van der Waals surface area contributed by atoms with E-state index in [1.165, 1.54) is 18.7 Å². The number of aliphatic carboxylic acids is 1. The summed E-state index contributed by atoms with van der Waals surface area (Å²) in [5.74, 6) is -6.47. The molecule has 0 bridgehead atoms. The summed E-state index contributed by atoms with van der Waals surface area (Å²) in [6.07, 6.45) is -0.994. The number of alkyl halides is 1. The highest BCUT2D eigenvalue weighted by atomic mass is 35.5. The van der Waals surface area contributed by atoms with Gasteiger partial charge in [-0.2, -0.15) is 0 Å². The molecule has 4 amide bonds. The predicted molar refractivity (Wildman–Crippen MR) is 130 cm³/mol.